The number of halogens is 2. The Hall–Kier alpha value is -2.68. The topological polar surface area (TPSA) is 72.7 Å². The smallest absolute Gasteiger partial charge is 0.319 e. The van der Waals surface area contributed by atoms with Gasteiger partial charge in [-0.3, -0.25) is 4.57 Å². The molecule has 9 heteroatoms. The van der Waals surface area contributed by atoms with Gasteiger partial charge in [0.2, 0.25) is 0 Å². The van der Waals surface area contributed by atoms with Gasteiger partial charge in [-0.15, -0.1) is 0 Å². The Balaban J connectivity index is 1.99. The van der Waals surface area contributed by atoms with Crippen molar-refractivity contribution in [1.82, 2.24) is 14.9 Å². The Morgan fingerprint density at radius 2 is 1.90 bits per heavy atom. The summed E-state index contributed by atoms with van der Waals surface area (Å²) in [4.78, 5) is 8.40. The van der Waals surface area contributed by atoms with Crippen LogP contribution in [0.4, 0.5) is 14.5 Å². The van der Waals surface area contributed by atoms with E-state index in [1.807, 2.05) is 38.1 Å². The van der Waals surface area contributed by atoms with Crippen molar-refractivity contribution in [2.45, 2.75) is 53.3 Å². The lowest BCUT2D eigenvalue weighted by Crippen LogP contribution is -2.32. The van der Waals surface area contributed by atoms with E-state index in [1.165, 1.54) is 12.4 Å². The molecule has 1 aromatic carbocycles. The van der Waals surface area contributed by atoms with Crippen LogP contribution in [0.2, 0.25) is 0 Å². The standard InChI is InChI=1S/C22H33F2N5O2/c1-16(2)15-30-13-5-10-26-22(27-14-20-25-11-12-29(20)21(23)24)28-18-6-8-19(9-7-18)31-17(3)4/h6-9,11-12,16-17,21H,5,10,13-15H2,1-4H3,(H2,26,27,28). The maximum absolute atomic E-state index is 13.1. The molecule has 0 saturated heterocycles. The summed E-state index contributed by atoms with van der Waals surface area (Å²) >= 11 is 0. The first-order valence-corrected chi connectivity index (χ1v) is 10.5. The number of nitrogens with zero attached hydrogens (tertiary/aromatic N) is 3. The maximum atomic E-state index is 13.1. The summed E-state index contributed by atoms with van der Waals surface area (Å²) in [6.45, 7) is 7.50. The van der Waals surface area contributed by atoms with Crippen molar-refractivity contribution in [3.63, 3.8) is 0 Å². The van der Waals surface area contributed by atoms with E-state index in [9.17, 15) is 8.78 Å². The molecule has 31 heavy (non-hydrogen) atoms. The summed E-state index contributed by atoms with van der Waals surface area (Å²) in [6.07, 6.45) is 3.47. The van der Waals surface area contributed by atoms with Crippen LogP contribution in [0.25, 0.3) is 0 Å². The van der Waals surface area contributed by atoms with Crippen molar-refractivity contribution < 1.29 is 18.3 Å². The van der Waals surface area contributed by atoms with Crippen LogP contribution in [0.3, 0.4) is 0 Å². The van der Waals surface area contributed by atoms with E-state index >= 15 is 0 Å². The highest BCUT2D eigenvalue weighted by atomic mass is 19.3. The number of anilines is 1. The molecule has 0 unspecified atom stereocenters. The highest BCUT2D eigenvalue weighted by Gasteiger charge is 2.11. The van der Waals surface area contributed by atoms with Crippen LogP contribution < -0.4 is 15.4 Å². The molecule has 0 aliphatic rings. The third kappa shape index (κ3) is 9.33. The summed E-state index contributed by atoms with van der Waals surface area (Å²) in [5.74, 6) is 1.93. The predicted octanol–water partition coefficient (Wildman–Crippen LogP) is 4.69. The van der Waals surface area contributed by atoms with Crippen LogP contribution in [0.1, 0.15) is 46.5 Å². The Labute approximate surface area is 182 Å². The number of guanidine groups is 1. The van der Waals surface area contributed by atoms with Crippen LogP contribution in [-0.4, -0.2) is 41.4 Å². The van der Waals surface area contributed by atoms with Gasteiger partial charge in [-0.1, -0.05) is 13.8 Å². The van der Waals surface area contributed by atoms with E-state index in [-0.39, 0.29) is 18.5 Å². The summed E-state index contributed by atoms with van der Waals surface area (Å²) in [5, 5.41) is 6.42. The van der Waals surface area contributed by atoms with Crippen LogP contribution in [-0.2, 0) is 11.3 Å². The molecule has 172 valence electrons. The quantitative estimate of drug-likeness (QED) is 0.286. The summed E-state index contributed by atoms with van der Waals surface area (Å²) in [5.41, 5.74) is 0.801. The third-order valence-corrected chi connectivity index (χ3v) is 4.04. The highest BCUT2D eigenvalue weighted by Crippen LogP contribution is 2.17. The molecular weight excluding hydrogens is 404 g/mol. The molecule has 0 spiro atoms. The average molecular weight is 438 g/mol. The number of nitrogens with one attached hydrogen (secondary N) is 2. The van der Waals surface area contributed by atoms with Crippen LogP contribution in [0.5, 0.6) is 5.75 Å². The zero-order valence-corrected chi connectivity index (χ0v) is 18.6. The molecule has 0 aliphatic heterocycles. The van der Waals surface area contributed by atoms with Gasteiger partial charge in [-0.25, -0.2) is 9.98 Å². The zero-order chi connectivity index (χ0) is 22.6. The third-order valence-electron chi connectivity index (χ3n) is 4.04. The fourth-order valence-corrected chi connectivity index (χ4v) is 2.66. The largest absolute Gasteiger partial charge is 0.491 e. The molecule has 2 aromatic rings. The Kier molecular flexibility index (Phi) is 10.2. The second-order valence-corrected chi connectivity index (χ2v) is 7.76. The van der Waals surface area contributed by atoms with Crippen LogP contribution in [0, 0.1) is 5.92 Å². The number of rotatable bonds is 12. The number of hydrogen-bond acceptors (Lipinski definition) is 4. The number of alkyl halides is 2. The molecule has 1 heterocycles. The average Bonchev–Trinajstić information content (AvgIpc) is 3.18. The maximum Gasteiger partial charge on any atom is 0.319 e. The first-order valence-electron chi connectivity index (χ1n) is 10.5. The number of aliphatic imine (C=N–C) groups is 1. The number of benzene rings is 1. The molecule has 2 rings (SSSR count). The minimum Gasteiger partial charge on any atom is -0.491 e. The van der Waals surface area contributed by atoms with Gasteiger partial charge in [0.1, 0.15) is 18.1 Å². The SMILES string of the molecule is CC(C)COCCCNC(=NCc1nccn1C(F)F)Nc1ccc(OC(C)C)cc1. The normalized spacial score (nSPS) is 12.1. The van der Waals surface area contributed by atoms with Crippen molar-refractivity contribution in [2.75, 3.05) is 25.1 Å². The van der Waals surface area contributed by atoms with Crippen molar-refractivity contribution in [2.24, 2.45) is 10.9 Å². The minimum absolute atomic E-state index is 0.0189. The van der Waals surface area contributed by atoms with Gasteiger partial charge in [-0.05, 0) is 50.5 Å². The molecule has 0 saturated carbocycles. The predicted molar refractivity (Wildman–Crippen MR) is 119 cm³/mol. The van der Waals surface area contributed by atoms with Gasteiger partial charge in [0.15, 0.2) is 5.96 Å². The summed E-state index contributed by atoms with van der Waals surface area (Å²) < 4.78 is 38.2. The van der Waals surface area contributed by atoms with Crippen molar-refractivity contribution >= 4 is 11.6 Å². The fraction of sp³-hybridized carbons (Fsp3) is 0.545. The molecule has 0 aliphatic carbocycles. The van der Waals surface area contributed by atoms with Gasteiger partial charge < -0.3 is 20.1 Å². The first kappa shape index (κ1) is 24.6. The van der Waals surface area contributed by atoms with Crippen molar-refractivity contribution in [3.05, 3.63) is 42.5 Å². The zero-order valence-electron chi connectivity index (χ0n) is 18.6. The van der Waals surface area contributed by atoms with Crippen molar-refractivity contribution in [1.29, 1.82) is 0 Å². The number of hydrogen-bond donors (Lipinski definition) is 2. The lowest BCUT2D eigenvalue weighted by atomic mass is 10.2. The molecule has 0 radical (unpaired) electrons. The van der Waals surface area contributed by atoms with Gasteiger partial charge in [0.05, 0.1) is 6.10 Å². The van der Waals surface area contributed by atoms with E-state index in [2.05, 4.69) is 34.5 Å². The molecule has 0 amide bonds. The lowest BCUT2D eigenvalue weighted by molar-refractivity contribution is 0.0671. The lowest BCUT2D eigenvalue weighted by Gasteiger charge is -2.14. The second-order valence-electron chi connectivity index (χ2n) is 7.76. The molecular formula is C22H33F2N5O2. The van der Waals surface area contributed by atoms with E-state index < -0.39 is 6.55 Å². The molecule has 0 fully saturated rings. The van der Waals surface area contributed by atoms with Gasteiger partial charge in [0, 0.05) is 37.8 Å². The van der Waals surface area contributed by atoms with Crippen LogP contribution >= 0.6 is 0 Å². The molecule has 0 bridgehead atoms. The first-order chi connectivity index (χ1) is 14.8. The van der Waals surface area contributed by atoms with E-state index in [1.54, 1.807) is 0 Å². The highest BCUT2D eigenvalue weighted by molar-refractivity contribution is 5.93. The number of imidazole rings is 1. The van der Waals surface area contributed by atoms with Gasteiger partial charge in [0.25, 0.3) is 0 Å². The Morgan fingerprint density at radius 3 is 2.55 bits per heavy atom. The Morgan fingerprint density at radius 1 is 1.16 bits per heavy atom. The fourth-order valence-electron chi connectivity index (χ4n) is 2.66. The van der Waals surface area contributed by atoms with E-state index in [0.29, 0.717) is 25.0 Å². The second kappa shape index (κ2) is 12.9. The molecule has 1 aromatic heterocycles. The Bertz CT molecular complexity index is 791. The number of aromatic nitrogens is 2. The molecule has 7 nitrogen and oxygen atoms in total. The minimum atomic E-state index is -2.65. The molecule has 0 atom stereocenters. The van der Waals surface area contributed by atoms with E-state index in [0.717, 1.165) is 29.0 Å². The number of ether oxygens (including phenoxy) is 2. The monoisotopic (exact) mass is 437 g/mol. The van der Waals surface area contributed by atoms with Gasteiger partial charge in [-0.2, -0.15) is 8.78 Å². The molecule has 2 N–H and O–H groups in total. The summed E-state index contributed by atoms with van der Waals surface area (Å²) in [6, 6.07) is 7.48. The van der Waals surface area contributed by atoms with Gasteiger partial charge >= 0.3 is 6.55 Å². The van der Waals surface area contributed by atoms with E-state index in [4.69, 9.17) is 9.47 Å². The summed E-state index contributed by atoms with van der Waals surface area (Å²) in [7, 11) is 0. The van der Waals surface area contributed by atoms with Crippen molar-refractivity contribution in [3.8, 4) is 5.75 Å². The van der Waals surface area contributed by atoms with Crippen LogP contribution in [0.15, 0.2) is 41.7 Å².